The summed E-state index contributed by atoms with van der Waals surface area (Å²) in [7, 11) is -2.25. The van der Waals surface area contributed by atoms with Crippen LogP contribution in [-0.2, 0) is 14.8 Å². The first-order valence-corrected chi connectivity index (χ1v) is 9.07. The van der Waals surface area contributed by atoms with Crippen LogP contribution in [0.25, 0.3) is 0 Å². The van der Waals surface area contributed by atoms with E-state index in [0.717, 1.165) is 9.18 Å². The van der Waals surface area contributed by atoms with Gasteiger partial charge in [0.25, 0.3) is 0 Å². The molecule has 2 aromatic rings. The highest BCUT2D eigenvalue weighted by molar-refractivity contribution is 7.89. The number of benzene rings is 1. The second-order valence-corrected chi connectivity index (χ2v) is 7.90. The molecule has 0 aliphatic carbocycles. The molecule has 0 saturated carbocycles. The van der Waals surface area contributed by atoms with Crippen molar-refractivity contribution in [3.8, 4) is 0 Å². The molecule has 1 aromatic carbocycles. The maximum atomic E-state index is 12.3. The van der Waals surface area contributed by atoms with Gasteiger partial charge in [-0.1, -0.05) is 24.3 Å². The molecule has 0 radical (unpaired) electrons. The molecule has 0 spiro atoms. The van der Waals surface area contributed by atoms with Crippen molar-refractivity contribution in [3.63, 3.8) is 0 Å². The molecule has 22 heavy (non-hydrogen) atoms. The lowest BCUT2D eigenvalue weighted by atomic mass is 10.3. The summed E-state index contributed by atoms with van der Waals surface area (Å²) >= 11 is 1.55. The highest BCUT2D eigenvalue weighted by Crippen LogP contribution is 2.18. The fraction of sp³-hybridized carbons (Fsp3) is 0.267. The molecule has 118 valence electrons. The van der Waals surface area contributed by atoms with Gasteiger partial charge in [0.15, 0.2) is 0 Å². The molecule has 0 fully saturated rings. The molecular weight excluding hydrogens is 320 g/mol. The van der Waals surface area contributed by atoms with Crippen LogP contribution < -0.4 is 5.32 Å². The van der Waals surface area contributed by atoms with Crippen LogP contribution in [0.2, 0.25) is 0 Å². The number of hydrogen-bond donors (Lipinski definition) is 1. The van der Waals surface area contributed by atoms with Gasteiger partial charge in [-0.3, -0.25) is 4.79 Å². The SMILES string of the molecule is C[C@H](NC(=O)CN(C)S(=O)(=O)c1ccccc1)c1cccs1. The zero-order valence-electron chi connectivity index (χ0n) is 12.4. The monoisotopic (exact) mass is 338 g/mol. The van der Waals surface area contributed by atoms with Gasteiger partial charge in [-0.05, 0) is 30.5 Å². The van der Waals surface area contributed by atoms with Crippen molar-refractivity contribution in [2.45, 2.75) is 17.9 Å². The second kappa shape index (κ2) is 7.04. The van der Waals surface area contributed by atoms with Crippen LogP contribution in [0.15, 0.2) is 52.7 Å². The number of likely N-dealkylation sites (N-methyl/N-ethyl adjacent to an activating group) is 1. The highest BCUT2D eigenvalue weighted by Gasteiger charge is 2.23. The molecule has 1 aromatic heterocycles. The van der Waals surface area contributed by atoms with Gasteiger partial charge in [-0.2, -0.15) is 4.31 Å². The van der Waals surface area contributed by atoms with E-state index in [1.54, 1.807) is 29.5 Å². The Kier molecular flexibility index (Phi) is 5.33. The smallest absolute Gasteiger partial charge is 0.243 e. The molecule has 1 heterocycles. The van der Waals surface area contributed by atoms with Gasteiger partial charge in [0.2, 0.25) is 15.9 Å². The van der Waals surface area contributed by atoms with Gasteiger partial charge >= 0.3 is 0 Å². The van der Waals surface area contributed by atoms with Crippen molar-refractivity contribution in [1.29, 1.82) is 0 Å². The molecule has 0 aliphatic rings. The van der Waals surface area contributed by atoms with E-state index in [2.05, 4.69) is 5.32 Å². The Bertz CT molecular complexity index is 713. The number of nitrogens with one attached hydrogen (secondary N) is 1. The van der Waals surface area contributed by atoms with Gasteiger partial charge < -0.3 is 5.32 Å². The van der Waals surface area contributed by atoms with E-state index in [1.807, 2.05) is 24.4 Å². The summed E-state index contributed by atoms with van der Waals surface area (Å²) in [5, 5.41) is 4.74. The first kappa shape index (κ1) is 16.7. The Balaban J connectivity index is 1.99. The van der Waals surface area contributed by atoms with E-state index < -0.39 is 10.0 Å². The summed E-state index contributed by atoms with van der Waals surface area (Å²) < 4.78 is 25.7. The number of thiophene rings is 1. The van der Waals surface area contributed by atoms with Gasteiger partial charge in [-0.15, -0.1) is 11.3 Å². The van der Waals surface area contributed by atoms with Crippen molar-refractivity contribution in [2.75, 3.05) is 13.6 Å². The molecule has 1 atom stereocenters. The molecule has 0 unspecified atom stereocenters. The standard InChI is InChI=1S/C15H18N2O3S2/c1-12(14-9-6-10-21-14)16-15(18)11-17(2)22(19,20)13-7-4-3-5-8-13/h3-10,12H,11H2,1-2H3,(H,16,18)/t12-/m0/s1. The van der Waals surface area contributed by atoms with Crippen LogP contribution in [0.3, 0.4) is 0 Å². The highest BCUT2D eigenvalue weighted by atomic mass is 32.2. The number of amides is 1. The third-order valence-electron chi connectivity index (χ3n) is 3.17. The molecule has 0 aliphatic heterocycles. The summed E-state index contributed by atoms with van der Waals surface area (Å²) in [4.78, 5) is 13.2. The van der Waals surface area contributed by atoms with Crippen molar-refractivity contribution >= 4 is 27.3 Å². The minimum Gasteiger partial charge on any atom is -0.348 e. The van der Waals surface area contributed by atoms with Crippen LogP contribution in [0, 0.1) is 0 Å². The Morgan fingerprint density at radius 3 is 2.50 bits per heavy atom. The fourth-order valence-corrected chi connectivity index (χ4v) is 3.84. The summed E-state index contributed by atoms with van der Waals surface area (Å²) in [6.07, 6.45) is 0. The fourth-order valence-electron chi connectivity index (χ4n) is 1.96. The minimum atomic E-state index is -3.65. The zero-order valence-corrected chi connectivity index (χ0v) is 14.0. The maximum Gasteiger partial charge on any atom is 0.243 e. The van der Waals surface area contributed by atoms with Crippen LogP contribution in [0.4, 0.5) is 0 Å². The minimum absolute atomic E-state index is 0.139. The average Bonchev–Trinajstić information content (AvgIpc) is 3.02. The maximum absolute atomic E-state index is 12.3. The quantitative estimate of drug-likeness (QED) is 0.878. The summed E-state index contributed by atoms with van der Waals surface area (Å²) in [6, 6.07) is 11.8. The van der Waals surface area contributed by atoms with Gasteiger partial charge in [0.05, 0.1) is 17.5 Å². The lowest BCUT2D eigenvalue weighted by Crippen LogP contribution is -2.39. The molecule has 1 amide bonds. The van der Waals surface area contributed by atoms with Crippen molar-refractivity contribution in [1.82, 2.24) is 9.62 Å². The number of nitrogens with zero attached hydrogens (tertiary/aromatic N) is 1. The Labute approximate surface area is 134 Å². The largest absolute Gasteiger partial charge is 0.348 e. The Morgan fingerprint density at radius 2 is 1.91 bits per heavy atom. The van der Waals surface area contributed by atoms with Gasteiger partial charge in [-0.25, -0.2) is 8.42 Å². The van der Waals surface area contributed by atoms with E-state index in [9.17, 15) is 13.2 Å². The van der Waals surface area contributed by atoms with Crippen molar-refractivity contribution < 1.29 is 13.2 Å². The first-order chi connectivity index (χ1) is 10.4. The van der Waals surface area contributed by atoms with Gasteiger partial charge in [0.1, 0.15) is 0 Å². The van der Waals surface area contributed by atoms with E-state index in [-0.39, 0.29) is 23.4 Å². The van der Waals surface area contributed by atoms with E-state index in [4.69, 9.17) is 0 Å². The van der Waals surface area contributed by atoms with E-state index >= 15 is 0 Å². The van der Waals surface area contributed by atoms with E-state index in [0.29, 0.717) is 0 Å². The van der Waals surface area contributed by atoms with Crippen LogP contribution in [0.5, 0.6) is 0 Å². The Hall–Kier alpha value is -1.70. The molecular formula is C15H18N2O3S2. The predicted octanol–water partition coefficient (Wildman–Crippen LogP) is 2.25. The number of hydrogen-bond acceptors (Lipinski definition) is 4. The molecule has 5 nitrogen and oxygen atoms in total. The number of rotatable bonds is 6. The molecule has 0 bridgehead atoms. The van der Waals surface area contributed by atoms with Crippen molar-refractivity contribution in [2.24, 2.45) is 0 Å². The van der Waals surface area contributed by atoms with Gasteiger partial charge in [0, 0.05) is 11.9 Å². The first-order valence-electron chi connectivity index (χ1n) is 6.75. The normalized spacial score (nSPS) is 13.0. The van der Waals surface area contributed by atoms with E-state index in [1.165, 1.54) is 19.2 Å². The average molecular weight is 338 g/mol. The summed E-state index contributed by atoms with van der Waals surface area (Å²) in [5.41, 5.74) is 0. The third-order valence-corrected chi connectivity index (χ3v) is 6.04. The Morgan fingerprint density at radius 1 is 1.23 bits per heavy atom. The molecule has 1 N–H and O–H groups in total. The third kappa shape index (κ3) is 3.94. The zero-order chi connectivity index (χ0) is 16.2. The topological polar surface area (TPSA) is 66.5 Å². The molecule has 2 rings (SSSR count). The molecule has 0 saturated heterocycles. The summed E-state index contributed by atoms with van der Waals surface area (Å²) in [6.45, 7) is 1.66. The lowest BCUT2D eigenvalue weighted by Gasteiger charge is -2.18. The van der Waals surface area contributed by atoms with Crippen molar-refractivity contribution in [3.05, 3.63) is 52.7 Å². The molecule has 7 heteroatoms. The predicted molar refractivity (Wildman–Crippen MR) is 87.1 cm³/mol. The van der Waals surface area contributed by atoms with Crippen LogP contribution in [0.1, 0.15) is 17.8 Å². The number of carbonyl (C=O) groups excluding carboxylic acids is 1. The summed E-state index contributed by atoms with van der Waals surface area (Å²) in [5.74, 6) is -0.331. The number of sulfonamides is 1. The van der Waals surface area contributed by atoms with Crippen LogP contribution in [-0.4, -0.2) is 32.2 Å². The second-order valence-electron chi connectivity index (χ2n) is 4.88. The number of carbonyl (C=O) groups is 1. The lowest BCUT2D eigenvalue weighted by molar-refractivity contribution is -0.121. The van der Waals surface area contributed by atoms with Crippen LogP contribution >= 0.6 is 11.3 Å².